The van der Waals surface area contributed by atoms with Crippen LogP contribution in [0.3, 0.4) is 0 Å². The van der Waals surface area contributed by atoms with E-state index in [9.17, 15) is 19.3 Å². The summed E-state index contributed by atoms with van der Waals surface area (Å²) in [4.78, 5) is 22.0. The summed E-state index contributed by atoms with van der Waals surface area (Å²) in [6.07, 6.45) is 0. The first kappa shape index (κ1) is 17.4. The van der Waals surface area contributed by atoms with E-state index in [-0.39, 0.29) is 5.69 Å². The maximum absolute atomic E-state index is 13.3. The molecule has 0 atom stereocenters. The van der Waals surface area contributed by atoms with Crippen LogP contribution in [0.15, 0.2) is 42.5 Å². The van der Waals surface area contributed by atoms with Gasteiger partial charge in [0.25, 0.3) is 5.91 Å². The molecule has 0 aromatic heterocycles. The van der Waals surface area contributed by atoms with Gasteiger partial charge in [0.15, 0.2) is 0 Å². The molecule has 1 N–H and O–H groups in total. The average Bonchev–Trinajstić information content (AvgIpc) is 2.54. The molecular weight excluding hydrogens is 315 g/mol. The van der Waals surface area contributed by atoms with Crippen molar-refractivity contribution in [2.24, 2.45) is 5.92 Å². The normalized spacial score (nSPS) is 10.5. The number of nitro benzene ring substituents is 1. The monoisotopic (exact) mass is 332 g/mol. The average molecular weight is 332 g/mol. The topological polar surface area (TPSA) is 81.5 Å². The Morgan fingerprint density at radius 2 is 1.92 bits per heavy atom. The predicted molar refractivity (Wildman–Crippen MR) is 87.8 cm³/mol. The number of benzene rings is 2. The molecule has 2 aromatic rings. The summed E-state index contributed by atoms with van der Waals surface area (Å²) in [6.45, 7) is 4.64. The molecule has 1 amide bonds. The van der Waals surface area contributed by atoms with Crippen LogP contribution in [-0.2, 0) is 0 Å². The van der Waals surface area contributed by atoms with E-state index in [0.29, 0.717) is 23.8 Å². The van der Waals surface area contributed by atoms with Crippen LogP contribution < -0.4 is 10.1 Å². The summed E-state index contributed by atoms with van der Waals surface area (Å²) in [6, 6.07) is 9.70. The lowest BCUT2D eigenvalue weighted by Crippen LogP contribution is -2.12. The number of hydrogen-bond acceptors (Lipinski definition) is 4. The molecule has 7 heteroatoms. The van der Waals surface area contributed by atoms with Crippen LogP contribution in [0.25, 0.3) is 0 Å². The quantitative estimate of drug-likeness (QED) is 0.640. The largest absolute Gasteiger partial charge is 0.493 e. The highest BCUT2D eigenvalue weighted by atomic mass is 19.1. The fraction of sp³-hybridized carbons (Fsp3) is 0.235. The van der Waals surface area contributed by atoms with Gasteiger partial charge in [-0.05, 0) is 42.3 Å². The fourth-order valence-corrected chi connectivity index (χ4v) is 1.90. The standard InChI is InChI=1S/C17H17FN2O4/c1-11(2)10-24-14-6-3-12(4-7-14)17(21)19-13-5-8-15(18)16(9-13)20(22)23/h3-9,11H,10H2,1-2H3,(H,19,21). The summed E-state index contributed by atoms with van der Waals surface area (Å²) in [5.41, 5.74) is -0.183. The van der Waals surface area contributed by atoms with Crippen LogP contribution in [-0.4, -0.2) is 17.4 Å². The van der Waals surface area contributed by atoms with E-state index in [2.05, 4.69) is 5.32 Å². The minimum atomic E-state index is -0.954. The van der Waals surface area contributed by atoms with Gasteiger partial charge in [-0.1, -0.05) is 13.8 Å². The lowest BCUT2D eigenvalue weighted by Gasteiger charge is -2.09. The molecule has 0 saturated carbocycles. The van der Waals surface area contributed by atoms with Crippen molar-refractivity contribution in [3.8, 4) is 5.75 Å². The van der Waals surface area contributed by atoms with Gasteiger partial charge < -0.3 is 10.1 Å². The highest BCUT2D eigenvalue weighted by Crippen LogP contribution is 2.22. The van der Waals surface area contributed by atoms with E-state index >= 15 is 0 Å². The lowest BCUT2D eigenvalue weighted by molar-refractivity contribution is -0.387. The summed E-state index contributed by atoms with van der Waals surface area (Å²) in [5, 5.41) is 13.2. The maximum atomic E-state index is 13.3. The molecule has 0 radical (unpaired) electrons. The van der Waals surface area contributed by atoms with Crippen molar-refractivity contribution in [1.29, 1.82) is 0 Å². The third-order valence-electron chi connectivity index (χ3n) is 3.10. The highest BCUT2D eigenvalue weighted by Gasteiger charge is 2.15. The van der Waals surface area contributed by atoms with E-state index in [1.807, 2.05) is 13.8 Å². The number of anilines is 1. The number of amides is 1. The number of ether oxygens (including phenoxy) is 1. The van der Waals surface area contributed by atoms with Crippen LogP contribution in [0.5, 0.6) is 5.75 Å². The molecular formula is C17H17FN2O4. The van der Waals surface area contributed by atoms with Crippen molar-refractivity contribution in [1.82, 2.24) is 0 Å². The Kier molecular flexibility index (Phi) is 5.47. The molecule has 24 heavy (non-hydrogen) atoms. The number of nitrogens with zero attached hydrogens (tertiary/aromatic N) is 1. The Balaban J connectivity index is 2.07. The van der Waals surface area contributed by atoms with Crippen molar-refractivity contribution in [2.45, 2.75) is 13.8 Å². The molecule has 2 aromatic carbocycles. The van der Waals surface area contributed by atoms with Gasteiger partial charge in [-0.2, -0.15) is 4.39 Å². The SMILES string of the molecule is CC(C)COc1ccc(C(=O)Nc2ccc(F)c([N+](=O)[O-])c2)cc1. The van der Waals surface area contributed by atoms with Crippen LogP contribution in [0.2, 0.25) is 0 Å². The number of rotatable bonds is 6. The number of carbonyl (C=O) groups excluding carboxylic acids is 1. The molecule has 0 saturated heterocycles. The second kappa shape index (κ2) is 7.54. The van der Waals surface area contributed by atoms with Crippen molar-refractivity contribution in [3.05, 3.63) is 64.0 Å². The third kappa shape index (κ3) is 4.52. The first-order valence-corrected chi connectivity index (χ1v) is 7.35. The van der Waals surface area contributed by atoms with Gasteiger partial charge in [-0.25, -0.2) is 0 Å². The number of carbonyl (C=O) groups is 1. The van der Waals surface area contributed by atoms with Gasteiger partial charge in [0.05, 0.1) is 11.5 Å². The van der Waals surface area contributed by atoms with Gasteiger partial charge in [-0.15, -0.1) is 0 Å². The zero-order valence-electron chi connectivity index (χ0n) is 13.3. The minimum absolute atomic E-state index is 0.147. The number of hydrogen-bond donors (Lipinski definition) is 1. The highest BCUT2D eigenvalue weighted by molar-refractivity contribution is 6.04. The fourth-order valence-electron chi connectivity index (χ4n) is 1.90. The molecule has 0 aliphatic rings. The first-order chi connectivity index (χ1) is 11.4. The van der Waals surface area contributed by atoms with Gasteiger partial charge in [0.2, 0.25) is 5.82 Å². The minimum Gasteiger partial charge on any atom is -0.493 e. The van der Waals surface area contributed by atoms with Crippen molar-refractivity contribution < 1.29 is 18.8 Å². The smallest absolute Gasteiger partial charge is 0.306 e. The molecule has 126 valence electrons. The van der Waals surface area contributed by atoms with Crippen LogP contribution >= 0.6 is 0 Å². The Bertz CT molecular complexity index is 745. The molecule has 0 heterocycles. The maximum Gasteiger partial charge on any atom is 0.306 e. The third-order valence-corrected chi connectivity index (χ3v) is 3.10. The van der Waals surface area contributed by atoms with Gasteiger partial charge in [-0.3, -0.25) is 14.9 Å². The Morgan fingerprint density at radius 3 is 2.50 bits per heavy atom. The molecule has 0 aliphatic carbocycles. The summed E-state index contributed by atoms with van der Waals surface area (Å²) in [7, 11) is 0. The molecule has 0 bridgehead atoms. The lowest BCUT2D eigenvalue weighted by atomic mass is 10.2. The number of nitro groups is 1. The summed E-state index contributed by atoms with van der Waals surface area (Å²) >= 11 is 0. The van der Waals surface area contributed by atoms with E-state index in [1.165, 1.54) is 6.07 Å². The molecule has 0 spiro atoms. The van der Waals surface area contributed by atoms with Crippen LogP contribution in [0, 0.1) is 21.8 Å². The molecule has 0 fully saturated rings. The zero-order chi connectivity index (χ0) is 17.7. The van der Waals surface area contributed by atoms with Crippen molar-refractivity contribution >= 4 is 17.3 Å². The number of halogens is 1. The van der Waals surface area contributed by atoms with E-state index < -0.39 is 22.3 Å². The molecule has 0 unspecified atom stereocenters. The van der Waals surface area contributed by atoms with Gasteiger partial charge >= 0.3 is 5.69 Å². The molecule has 0 aliphatic heterocycles. The van der Waals surface area contributed by atoms with Gasteiger partial charge in [0.1, 0.15) is 5.75 Å². The van der Waals surface area contributed by atoms with E-state index in [1.54, 1.807) is 24.3 Å². The van der Waals surface area contributed by atoms with Crippen LogP contribution in [0.4, 0.5) is 15.8 Å². The van der Waals surface area contributed by atoms with E-state index in [0.717, 1.165) is 12.1 Å². The summed E-state index contributed by atoms with van der Waals surface area (Å²) in [5.74, 6) is -0.365. The second-order valence-corrected chi connectivity index (χ2v) is 5.61. The first-order valence-electron chi connectivity index (χ1n) is 7.35. The Labute approximate surface area is 138 Å². The number of nitrogens with one attached hydrogen (secondary N) is 1. The Morgan fingerprint density at radius 1 is 1.25 bits per heavy atom. The van der Waals surface area contributed by atoms with E-state index in [4.69, 9.17) is 4.74 Å². The van der Waals surface area contributed by atoms with Crippen LogP contribution in [0.1, 0.15) is 24.2 Å². The summed E-state index contributed by atoms with van der Waals surface area (Å²) < 4.78 is 18.8. The Hall–Kier alpha value is -2.96. The molecule has 6 nitrogen and oxygen atoms in total. The van der Waals surface area contributed by atoms with Crippen molar-refractivity contribution in [3.63, 3.8) is 0 Å². The zero-order valence-corrected chi connectivity index (χ0v) is 13.3. The van der Waals surface area contributed by atoms with Gasteiger partial charge in [0, 0.05) is 17.3 Å². The predicted octanol–water partition coefficient (Wildman–Crippen LogP) is 4.02. The second-order valence-electron chi connectivity index (χ2n) is 5.61. The molecule has 2 rings (SSSR count). The van der Waals surface area contributed by atoms with Crippen molar-refractivity contribution in [2.75, 3.05) is 11.9 Å².